The fraction of sp³-hybridized carbons (Fsp3) is 0.333. The van der Waals surface area contributed by atoms with E-state index in [1.54, 1.807) is 12.4 Å². The molecule has 0 aliphatic carbocycles. The summed E-state index contributed by atoms with van der Waals surface area (Å²) in [5.41, 5.74) is 7.42. The van der Waals surface area contributed by atoms with Crippen molar-refractivity contribution in [3.63, 3.8) is 0 Å². The summed E-state index contributed by atoms with van der Waals surface area (Å²) in [6.07, 6.45) is 5.31. The average Bonchev–Trinajstić information content (AvgIpc) is 2.44. The van der Waals surface area contributed by atoms with Crippen LogP contribution in [0.1, 0.15) is 38.1 Å². The lowest BCUT2D eigenvalue weighted by Gasteiger charge is -2.30. The summed E-state index contributed by atoms with van der Waals surface area (Å²) in [5.74, 6) is 0.855. The molecule has 0 fully saturated rings. The van der Waals surface area contributed by atoms with Gasteiger partial charge in [-0.25, -0.2) is 9.97 Å². The molecule has 0 atom stereocenters. The molecule has 94 valence electrons. The second-order valence-corrected chi connectivity index (χ2v) is 4.50. The topological polar surface area (TPSA) is 51.8 Å². The number of hydrogen-bond donors (Lipinski definition) is 1. The third-order valence-electron chi connectivity index (χ3n) is 3.63. The number of nitrogen functional groups attached to an aromatic ring is 1. The lowest BCUT2D eigenvalue weighted by atomic mass is 9.75. The minimum atomic E-state index is -0.116. The monoisotopic (exact) mass is 241 g/mol. The Hall–Kier alpha value is -1.90. The molecule has 0 unspecified atom stereocenters. The predicted octanol–water partition coefficient (Wildman–Crippen LogP) is 3.16. The third-order valence-corrected chi connectivity index (χ3v) is 3.63. The molecule has 18 heavy (non-hydrogen) atoms. The number of benzene rings is 1. The number of hydrogen-bond acceptors (Lipinski definition) is 3. The van der Waals surface area contributed by atoms with Crippen molar-refractivity contribution in [2.75, 3.05) is 5.73 Å². The van der Waals surface area contributed by atoms with E-state index in [0.717, 1.165) is 18.7 Å². The number of rotatable bonds is 4. The SMILES string of the molecule is CCC(CC)(c1ccccc1)c1ncc(N)cn1. The van der Waals surface area contributed by atoms with Gasteiger partial charge in [-0.15, -0.1) is 0 Å². The average molecular weight is 241 g/mol. The highest BCUT2D eigenvalue weighted by Crippen LogP contribution is 2.36. The van der Waals surface area contributed by atoms with Crippen LogP contribution < -0.4 is 5.73 Å². The van der Waals surface area contributed by atoms with E-state index >= 15 is 0 Å². The fourth-order valence-corrected chi connectivity index (χ4v) is 2.45. The van der Waals surface area contributed by atoms with Gasteiger partial charge < -0.3 is 5.73 Å². The smallest absolute Gasteiger partial charge is 0.138 e. The van der Waals surface area contributed by atoms with Gasteiger partial charge in [-0.3, -0.25) is 0 Å². The zero-order valence-electron chi connectivity index (χ0n) is 10.9. The van der Waals surface area contributed by atoms with Crippen LogP contribution in [0.4, 0.5) is 5.69 Å². The highest BCUT2D eigenvalue weighted by Gasteiger charge is 2.33. The summed E-state index contributed by atoms with van der Waals surface area (Å²) in [7, 11) is 0. The number of anilines is 1. The molecule has 0 spiro atoms. The van der Waals surface area contributed by atoms with Crippen molar-refractivity contribution < 1.29 is 0 Å². The van der Waals surface area contributed by atoms with Crippen molar-refractivity contribution >= 4 is 5.69 Å². The van der Waals surface area contributed by atoms with E-state index < -0.39 is 0 Å². The Labute approximate surface area is 108 Å². The fourth-order valence-electron chi connectivity index (χ4n) is 2.45. The van der Waals surface area contributed by atoms with Gasteiger partial charge in [0.2, 0.25) is 0 Å². The third kappa shape index (κ3) is 2.08. The van der Waals surface area contributed by atoms with Gasteiger partial charge >= 0.3 is 0 Å². The maximum absolute atomic E-state index is 5.67. The van der Waals surface area contributed by atoms with Crippen molar-refractivity contribution in [1.82, 2.24) is 9.97 Å². The molecule has 0 saturated carbocycles. The van der Waals surface area contributed by atoms with E-state index in [9.17, 15) is 0 Å². The second kappa shape index (κ2) is 5.17. The summed E-state index contributed by atoms with van der Waals surface area (Å²) in [4.78, 5) is 8.87. The molecule has 0 saturated heterocycles. The lowest BCUT2D eigenvalue weighted by molar-refractivity contribution is 0.449. The minimum absolute atomic E-state index is 0.116. The van der Waals surface area contributed by atoms with Crippen molar-refractivity contribution in [3.05, 3.63) is 54.1 Å². The van der Waals surface area contributed by atoms with Gasteiger partial charge in [0.15, 0.2) is 0 Å². The maximum atomic E-state index is 5.67. The molecule has 0 aliphatic rings. The van der Waals surface area contributed by atoms with Gasteiger partial charge in [0.05, 0.1) is 23.5 Å². The summed E-state index contributed by atoms with van der Waals surface area (Å²) in [5, 5.41) is 0. The molecule has 2 aromatic rings. The quantitative estimate of drug-likeness (QED) is 0.894. The second-order valence-electron chi connectivity index (χ2n) is 4.50. The van der Waals surface area contributed by atoms with Gasteiger partial charge in [-0.05, 0) is 18.4 Å². The summed E-state index contributed by atoms with van der Waals surface area (Å²) >= 11 is 0. The van der Waals surface area contributed by atoms with Crippen LogP contribution in [0.5, 0.6) is 0 Å². The minimum Gasteiger partial charge on any atom is -0.396 e. The lowest BCUT2D eigenvalue weighted by Crippen LogP contribution is -2.28. The Balaban J connectivity index is 2.54. The van der Waals surface area contributed by atoms with Crippen molar-refractivity contribution in [2.24, 2.45) is 0 Å². The number of aromatic nitrogens is 2. The first-order valence-corrected chi connectivity index (χ1v) is 6.36. The Kier molecular flexibility index (Phi) is 3.60. The molecule has 1 aromatic heterocycles. The van der Waals surface area contributed by atoms with Crippen LogP contribution in [-0.4, -0.2) is 9.97 Å². The molecule has 0 bridgehead atoms. The molecule has 3 nitrogen and oxygen atoms in total. The molecular weight excluding hydrogens is 222 g/mol. The van der Waals surface area contributed by atoms with Crippen LogP contribution in [-0.2, 0) is 5.41 Å². The van der Waals surface area contributed by atoms with E-state index in [2.05, 4.69) is 48.1 Å². The molecule has 2 rings (SSSR count). The van der Waals surface area contributed by atoms with Crippen LogP contribution in [0, 0.1) is 0 Å². The highest BCUT2D eigenvalue weighted by molar-refractivity contribution is 5.36. The van der Waals surface area contributed by atoms with Gasteiger partial charge in [0.25, 0.3) is 0 Å². The Morgan fingerprint density at radius 1 is 1.00 bits per heavy atom. The maximum Gasteiger partial charge on any atom is 0.138 e. The summed E-state index contributed by atoms with van der Waals surface area (Å²) < 4.78 is 0. The van der Waals surface area contributed by atoms with Crippen molar-refractivity contribution in [3.8, 4) is 0 Å². The molecule has 3 heteroatoms. The predicted molar refractivity (Wildman–Crippen MR) is 74.2 cm³/mol. The Morgan fingerprint density at radius 2 is 1.56 bits per heavy atom. The number of nitrogens with two attached hydrogens (primary N) is 1. The first-order valence-electron chi connectivity index (χ1n) is 6.36. The van der Waals surface area contributed by atoms with Gasteiger partial charge in [-0.1, -0.05) is 44.2 Å². The standard InChI is InChI=1S/C15H19N3/c1-3-15(4-2,12-8-6-5-7-9-12)14-17-10-13(16)11-18-14/h5-11H,3-4,16H2,1-2H3. The van der Waals surface area contributed by atoms with E-state index in [1.165, 1.54) is 5.56 Å². The normalized spacial score (nSPS) is 11.4. The van der Waals surface area contributed by atoms with Crippen LogP contribution in [0.25, 0.3) is 0 Å². The Bertz CT molecular complexity index is 487. The molecular formula is C15H19N3. The summed E-state index contributed by atoms with van der Waals surface area (Å²) in [6, 6.07) is 10.4. The number of nitrogens with zero attached hydrogens (tertiary/aromatic N) is 2. The molecule has 1 heterocycles. The molecule has 1 aromatic carbocycles. The molecule has 0 radical (unpaired) electrons. The van der Waals surface area contributed by atoms with Crippen LogP contribution in [0.3, 0.4) is 0 Å². The van der Waals surface area contributed by atoms with E-state index in [4.69, 9.17) is 5.73 Å². The summed E-state index contributed by atoms with van der Waals surface area (Å²) in [6.45, 7) is 4.35. The Morgan fingerprint density at radius 3 is 2.06 bits per heavy atom. The largest absolute Gasteiger partial charge is 0.396 e. The van der Waals surface area contributed by atoms with Gasteiger partial charge in [-0.2, -0.15) is 0 Å². The first kappa shape index (κ1) is 12.6. The van der Waals surface area contributed by atoms with Gasteiger partial charge in [0.1, 0.15) is 5.82 Å². The first-order chi connectivity index (χ1) is 8.73. The van der Waals surface area contributed by atoms with Crippen LogP contribution in [0.2, 0.25) is 0 Å². The van der Waals surface area contributed by atoms with E-state index in [1.807, 2.05) is 6.07 Å². The van der Waals surface area contributed by atoms with Crippen LogP contribution >= 0.6 is 0 Å². The highest BCUT2D eigenvalue weighted by atomic mass is 14.9. The van der Waals surface area contributed by atoms with Crippen molar-refractivity contribution in [2.45, 2.75) is 32.1 Å². The molecule has 2 N–H and O–H groups in total. The van der Waals surface area contributed by atoms with Crippen molar-refractivity contribution in [1.29, 1.82) is 0 Å². The molecule has 0 aliphatic heterocycles. The zero-order chi connectivity index (χ0) is 13.0. The van der Waals surface area contributed by atoms with Gasteiger partial charge in [0, 0.05) is 0 Å². The zero-order valence-corrected chi connectivity index (χ0v) is 10.9. The van der Waals surface area contributed by atoms with E-state index in [-0.39, 0.29) is 5.41 Å². The van der Waals surface area contributed by atoms with E-state index in [0.29, 0.717) is 5.69 Å². The molecule has 0 amide bonds. The van der Waals surface area contributed by atoms with Crippen LogP contribution in [0.15, 0.2) is 42.7 Å².